The van der Waals surface area contributed by atoms with Crippen molar-refractivity contribution in [3.05, 3.63) is 83.4 Å². The van der Waals surface area contributed by atoms with Crippen LogP contribution in [0.25, 0.3) is 11.5 Å². The van der Waals surface area contributed by atoms with E-state index in [1.54, 1.807) is 12.5 Å². The maximum Gasteiger partial charge on any atom is 0.347 e. The zero-order valence-corrected chi connectivity index (χ0v) is 21.6. The number of methoxy groups -OCH3 is 1. The van der Waals surface area contributed by atoms with E-state index in [9.17, 15) is 9.90 Å². The Morgan fingerprint density at radius 1 is 1.11 bits per heavy atom. The van der Waals surface area contributed by atoms with Gasteiger partial charge in [0.2, 0.25) is 11.8 Å². The van der Waals surface area contributed by atoms with Crippen molar-refractivity contribution in [2.24, 2.45) is 0 Å². The molecular weight excluding hydrogens is 474 g/mol. The molecule has 0 aliphatic carbocycles. The number of aromatic nitrogens is 2. The van der Waals surface area contributed by atoms with Gasteiger partial charge >= 0.3 is 5.97 Å². The van der Waals surface area contributed by atoms with Gasteiger partial charge in [0, 0.05) is 18.7 Å². The summed E-state index contributed by atoms with van der Waals surface area (Å²) >= 11 is 0. The number of carboxylic acids is 1. The summed E-state index contributed by atoms with van der Waals surface area (Å²) in [5, 5.41) is 9.49. The fourth-order valence-corrected chi connectivity index (χ4v) is 3.93. The molecule has 9 nitrogen and oxygen atoms in total. The molecular formula is C28H31N3O6. The van der Waals surface area contributed by atoms with Crippen molar-refractivity contribution in [1.82, 2.24) is 14.9 Å². The normalized spacial score (nSPS) is 11.6. The minimum Gasteiger partial charge on any atom is -0.493 e. The molecule has 37 heavy (non-hydrogen) atoms. The molecule has 4 rings (SSSR count). The third kappa shape index (κ3) is 6.18. The molecule has 0 bridgehead atoms. The van der Waals surface area contributed by atoms with E-state index in [0.29, 0.717) is 42.9 Å². The van der Waals surface area contributed by atoms with E-state index in [2.05, 4.69) is 9.88 Å². The van der Waals surface area contributed by atoms with Crippen LogP contribution in [-0.2, 0) is 24.4 Å². The molecule has 2 heterocycles. The number of nitrogens with zero attached hydrogens (tertiary/aromatic N) is 3. The molecule has 0 aliphatic rings. The molecule has 0 saturated heterocycles. The highest BCUT2D eigenvalue weighted by molar-refractivity contribution is 5.77. The number of aliphatic carboxylic acids is 1. The second kappa shape index (κ2) is 10.9. The highest BCUT2D eigenvalue weighted by Gasteiger charge is 2.31. The Morgan fingerprint density at radius 2 is 1.86 bits per heavy atom. The van der Waals surface area contributed by atoms with Crippen molar-refractivity contribution in [3.8, 4) is 23.0 Å². The highest BCUT2D eigenvalue weighted by Crippen LogP contribution is 2.36. The zero-order chi connectivity index (χ0) is 26.6. The lowest BCUT2D eigenvalue weighted by Crippen LogP contribution is -2.38. The predicted octanol–water partition coefficient (Wildman–Crippen LogP) is 5.40. The van der Waals surface area contributed by atoms with Crippen molar-refractivity contribution >= 4 is 5.97 Å². The SMILES string of the molecule is COc1cc(CN(Cc2ncco2)Cc2nc(-c3ccccc3)oc2C)cc(C)c1OC(C)(C)C(=O)O. The van der Waals surface area contributed by atoms with Gasteiger partial charge in [-0.05, 0) is 57.0 Å². The third-order valence-corrected chi connectivity index (χ3v) is 5.93. The summed E-state index contributed by atoms with van der Waals surface area (Å²) in [6.45, 7) is 8.25. The molecule has 0 saturated carbocycles. The standard InChI is InChI=1S/C28H31N3O6/c1-18-13-20(14-23(34-5)25(18)37-28(3,4)27(32)33)15-31(17-24-29-11-12-35-24)16-22-19(2)36-26(30-22)21-9-7-6-8-10-21/h6-14H,15-17H2,1-5H3,(H,32,33). The van der Waals surface area contributed by atoms with E-state index < -0.39 is 11.6 Å². The summed E-state index contributed by atoms with van der Waals surface area (Å²) in [7, 11) is 1.54. The van der Waals surface area contributed by atoms with Gasteiger partial charge in [-0.3, -0.25) is 4.90 Å². The monoisotopic (exact) mass is 505 g/mol. The quantitative estimate of drug-likeness (QED) is 0.286. The Balaban J connectivity index is 1.61. The summed E-state index contributed by atoms with van der Waals surface area (Å²) in [4.78, 5) is 22.8. The van der Waals surface area contributed by atoms with Crippen molar-refractivity contribution in [3.63, 3.8) is 0 Å². The molecule has 0 fully saturated rings. The minimum atomic E-state index is -1.41. The Labute approximate surface area is 215 Å². The fourth-order valence-electron chi connectivity index (χ4n) is 3.93. The maximum atomic E-state index is 11.6. The van der Waals surface area contributed by atoms with Crippen LogP contribution in [0.4, 0.5) is 0 Å². The van der Waals surface area contributed by atoms with Crippen LogP contribution in [0.3, 0.4) is 0 Å². The van der Waals surface area contributed by atoms with Gasteiger partial charge < -0.3 is 23.4 Å². The van der Waals surface area contributed by atoms with Crippen LogP contribution < -0.4 is 9.47 Å². The summed E-state index contributed by atoms with van der Waals surface area (Å²) in [5.74, 6) is 1.69. The molecule has 0 unspecified atom stereocenters. The van der Waals surface area contributed by atoms with Crippen LogP contribution in [0.5, 0.6) is 11.5 Å². The zero-order valence-electron chi connectivity index (χ0n) is 21.6. The lowest BCUT2D eigenvalue weighted by molar-refractivity contribution is -0.152. The molecule has 2 aromatic heterocycles. The molecule has 4 aromatic rings. The van der Waals surface area contributed by atoms with Crippen LogP contribution in [0.15, 0.2) is 63.8 Å². The summed E-state index contributed by atoms with van der Waals surface area (Å²) in [6.07, 6.45) is 3.16. The smallest absolute Gasteiger partial charge is 0.347 e. The second-order valence-corrected chi connectivity index (χ2v) is 9.32. The number of carbonyl (C=O) groups is 1. The Bertz CT molecular complexity index is 1350. The Morgan fingerprint density at radius 3 is 2.51 bits per heavy atom. The summed E-state index contributed by atoms with van der Waals surface area (Å²) in [5.41, 5.74) is 2.04. The fraction of sp³-hybridized carbons (Fsp3) is 0.321. The van der Waals surface area contributed by atoms with Crippen molar-refractivity contribution < 1.29 is 28.2 Å². The van der Waals surface area contributed by atoms with Gasteiger partial charge in [0.05, 0.1) is 25.5 Å². The number of benzene rings is 2. The second-order valence-electron chi connectivity index (χ2n) is 9.32. The predicted molar refractivity (Wildman–Crippen MR) is 136 cm³/mol. The minimum absolute atomic E-state index is 0.401. The van der Waals surface area contributed by atoms with Crippen molar-refractivity contribution in [2.45, 2.75) is 52.9 Å². The maximum absolute atomic E-state index is 11.6. The van der Waals surface area contributed by atoms with Crippen molar-refractivity contribution in [2.75, 3.05) is 7.11 Å². The number of carboxylic acid groups (broad SMARTS) is 1. The Kier molecular flexibility index (Phi) is 7.63. The van der Waals surface area contributed by atoms with Crippen LogP contribution in [-0.4, -0.2) is 38.7 Å². The van der Waals surface area contributed by atoms with Crippen LogP contribution in [0.2, 0.25) is 0 Å². The van der Waals surface area contributed by atoms with Crippen LogP contribution in [0.1, 0.15) is 42.3 Å². The molecule has 194 valence electrons. The lowest BCUT2D eigenvalue weighted by Gasteiger charge is -2.25. The van der Waals surface area contributed by atoms with Crippen LogP contribution in [0, 0.1) is 13.8 Å². The van der Waals surface area contributed by atoms with E-state index in [0.717, 1.165) is 28.1 Å². The van der Waals surface area contributed by atoms with Gasteiger partial charge in [-0.1, -0.05) is 24.3 Å². The summed E-state index contributed by atoms with van der Waals surface area (Å²) < 4.78 is 22.9. The number of hydrogen-bond donors (Lipinski definition) is 1. The first-order valence-corrected chi connectivity index (χ1v) is 11.9. The number of aryl methyl sites for hydroxylation is 2. The topological polar surface area (TPSA) is 111 Å². The highest BCUT2D eigenvalue weighted by atomic mass is 16.5. The van der Waals surface area contributed by atoms with E-state index in [1.165, 1.54) is 21.0 Å². The van der Waals surface area contributed by atoms with Crippen molar-refractivity contribution in [1.29, 1.82) is 0 Å². The van der Waals surface area contributed by atoms with Gasteiger partial charge in [-0.25, -0.2) is 14.8 Å². The number of rotatable bonds is 11. The van der Waals surface area contributed by atoms with E-state index >= 15 is 0 Å². The molecule has 0 atom stereocenters. The summed E-state index contributed by atoms with van der Waals surface area (Å²) in [6, 6.07) is 13.6. The van der Waals surface area contributed by atoms with Gasteiger partial charge in [0.25, 0.3) is 0 Å². The first kappa shape index (κ1) is 26.0. The first-order valence-electron chi connectivity index (χ1n) is 11.9. The molecule has 0 amide bonds. The number of ether oxygens (including phenoxy) is 2. The molecule has 0 radical (unpaired) electrons. The molecule has 9 heteroatoms. The number of hydrogen-bond acceptors (Lipinski definition) is 8. The largest absolute Gasteiger partial charge is 0.493 e. The van der Waals surface area contributed by atoms with E-state index in [-0.39, 0.29) is 0 Å². The number of oxazole rings is 2. The first-order chi connectivity index (χ1) is 17.7. The van der Waals surface area contributed by atoms with Gasteiger partial charge in [0.1, 0.15) is 12.0 Å². The lowest BCUT2D eigenvalue weighted by atomic mass is 10.1. The van der Waals surface area contributed by atoms with E-state index in [4.69, 9.17) is 23.3 Å². The molecule has 0 spiro atoms. The molecule has 0 aliphatic heterocycles. The average molecular weight is 506 g/mol. The Hall–Kier alpha value is -4.11. The van der Waals surface area contributed by atoms with Gasteiger partial charge in [-0.15, -0.1) is 0 Å². The molecule has 2 aromatic carbocycles. The van der Waals surface area contributed by atoms with Gasteiger partial charge in [0.15, 0.2) is 17.1 Å². The average Bonchev–Trinajstić information content (AvgIpc) is 3.50. The molecule has 1 N–H and O–H groups in total. The van der Waals surface area contributed by atoms with Gasteiger partial charge in [-0.2, -0.15) is 0 Å². The van der Waals surface area contributed by atoms with E-state index in [1.807, 2.05) is 56.3 Å². The third-order valence-electron chi connectivity index (χ3n) is 5.93. The van der Waals surface area contributed by atoms with Crippen LogP contribution >= 0.6 is 0 Å².